The number of rotatable bonds is 3. The molecule has 0 aromatic heterocycles. The highest BCUT2D eigenvalue weighted by atomic mass is 16.5. The molecule has 0 bridgehead atoms. The van der Waals surface area contributed by atoms with Gasteiger partial charge in [-0.1, -0.05) is 0 Å². The zero-order valence-electron chi connectivity index (χ0n) is 7.73. The zero-order valence-corrected chi connectivity index (χ0v) is 7.73. The van der Waals surface area contributed by atoms with Gasteiger partial charge in [0.1, 0.15) is 13.2 Å². The molecule has 1 rings (SSSR count). The summed E-state index contributed by atoms with van der Waals surface area (Å²) in [6, 6.07) is -0.614. The van der Waals surface area contributed by atoms with Crippen LogP contribution in [0.2, 0.25) is 0 Å². The second-order valence-corrected chi connectivity index (χ2v) is 3.10. The Bertz CT molecular complexity index is 259. The Kier molecular flexibility index (Phi) is 3.19. The molecule has 0 aromatic carbocycles. The van der Waals surface area contributed by atoms with Gasteiger partial charge in [0.25, 0.3) is 11.8 Å². The van der Waals surface area contributed by atoms with Crippen LogP contribution in [-0.4, -0.2) is 47.0 Å². The van der Waals surface area contributed by atoms with Crippen molar-refractivity contribution in [1.82, 2.24) is 4.90 Å². The van der Waals surface area contributed by atoms with Gasteiger partial charge in [0, 0.05) is 6.04 Å². The monoisotopic (exact) mass is 201 g/mol. The van der Waals surface area contributed by atoms with Gasteiger partial charge >= 0.3 is 5.97 Å². The van der Waals surface area contributed by atoms with Crippen LogP contribution in [0.25, 0.3) is 0 Å². The molecule has 0 aliphatic carbocycles. The molecule has 6 heteroatoms. The first-order valence-electron chi connectivity index (χ1n) is 4.17. The van der Waals surface area contributed by atoms with Crippen LogP contribution in [0.15, 0.2) is 0 Å². The van der Waals surface area contributed by atoms with E-state index in [4.69, 9.17) is 9.84 Å². The summed E-state index contributed by atoms with van der Waals surface area (Å²) in [6.45, 7) is 1.21. The van der Waals surface area contributed by atoms with Gasteiger partial charge in [0.15, 0.2) is 0 Å². The van der Waals surface area contributed by atoms with Crippen LogP contribution in [-0.2, 0) is 19.1 Å². The summed E-state index contributed by atoms with van der Waals surface area (Å²) in [5.74, 6) is -1.99. The van der Waals surface area contributed by atoms with Crippen molar-refractivity contribution < 1.29 is 24.2 Å². The predicted molar refractivity (Wildman–Crippen MR) is 44.4 cm³/mol. The van der Waals surface area contributed by atoms with E-state index in [1.807, 2.05) is 0 Å². The molecule has 2 amide bonds. The summed E-state index contributed by atoms with van der Waals surface area (Å²) < 4.78 is 4.69. The van der Waals surface area contributed by atoms with Crippen molar-refractivity contribution in [2.45, 2.75) is 19.4 Å². The van der Waals surface area contributed by atoms with E-state index in [2.05, 4.69) is 0 Å². The minimum absolute atomic E-state index is 0.157. The van der Waals surface area contributed by atoms with Crippen LogP contribution in [0.5, 0.6) is 0 Å². The van der Waals surface area contributed by atoms with Crippen molar-refractivity contribution >= 4 is 17.8 Å². The first-order valence-corrected chi connectivity index (χ1v) is 4.17. The molecule has 1 aliphatic rings. The normalized spacial score (nSPS) is 19.6. The maximum absolute atomic E-state index is 11.2. The molecule has 1 atom stereocenters. The molecule has 1 unspecified atom stereocenters. The Balaban J connectivity index is 2.67. The number of carbonyl (C=O) groups is 3. The Morgan fingerprint density at radius 3 is 2.43 bits per heavy atom. The number of carbonyl (C=O) groups excluding carboxylic acids is 2. The summed E-state index contributed by atoms with van der Waals surface area (Å²) in [4.78, 5) is 33.8. The maximum Gasteiger partial charge on any atom is 0.305 e. The van der Waals surface area contributed by atoms with Gasteiger partial charge in [-0.05, 0) is 6.92 Å². The van der Waals surface area contributed by atoms with E-state index in [-0.39, 0.29) is 19.6 Å². The van der Waals surface area contributed by atoms with Crippen molar-refractivity contribution in [3.63, 3.8) is 0 Å². The fourth-order valence-corrected chi connectivity index (χ4v) is 1.34. The second-order valence-electron chi connectivity index (χ2n) is 3.10. The number of imide groups is 1. The Labute approximate surface area is 80.4 Å². The molecule has 78 valence electrons. The highest BCUT2D eigenvalue weighted by Gasteiger charge is 2.31. The molecule has 1 heterocycles. The minimum Gasteiger partial charge on any atom is -0.481 e. The molecule has 0 saturated carbocycles. The standard InChI is InChI=1S/C8H11NO5/c1-5(2-8(12)13)9-6(10)3-14-4-7(9)11/h5H,2-4H2,1H3,(H,12,13). The summed E-state index contributed by atoms with van der Waals surface area (Å²) in [5, 5.41) is 8.51. The van der Waals surface area contributed by atoms with Gasteiger partial charge in [-0.3, -0.25) is 19.3 Å². The van der Waals surface area contributed by atoms with E-state index in [0.717, 1.165) is 4.90 Å². The van der Waals surface area contributed by atoms with Crippen molar-refractivity contribution in [3.8, 4) is 0 Å². The van der Waals surface area contributed by atoms with Gasteiger partial charge in [0.05, 0.1) is 6.42 Å². The number of ether oxygens (including phenoxy) is 1. The maximum atomic E-state index is 11.2. The quantitative estimate of drug-likeness (QED) is 0.606. The van der Waals surface area contributed by atoms with E-state index in [1.54, 1.807) is 0 Å². The number of carboxylic acids is 1. The van der Waals surface area contributed by atoms with Crippen LogP contribution in [0, 0.1) is 0 Å². The highest BCUT2D eigenvalue weighted by Crippen LogP contribution is 2.09. The van der Waals surface area contributed by atoms with E-state index in [9.17, 15) is 14.4 Å². The van der Waals surface area contributed by atoms with Gasteiger partial charge in [-0.2, -0.15) is 0 Å². The predicted octanol–water partition coefficient (Wildman–Crippen LogP) is -0.765. The van der Waals surface area contributed by atoms with Crippen LogP contribution < -0.4 is 0 Å². The number of morpholine rings is 1. The average molecular weight is 201 g/mol. The molecule has 1 N–H and O–H groups in total. The number of hydrogen-bond donors (Lipinski definition) is 1. The Morgan fingerprint density at radius 1 is 1.50 bits per heavy atom. The van der Waals surface area contributed by atoms with Gasteiger partial charge in [0.2, 0.25) is 0 Å². The summed E-state index contributed by atoms with van der Waals surface area (Å²) >= 11 is 0. The molecule has 0 radical (unpaired) electrons. The first-order chi connectivity index (χ1) is 6.52. The fraction of sp³-hybridized carbons (Fsp3) is 0.625. The van der Waals surface area contributed by atoms with Crippen molar-refractivity contribution in [2.24, 2.45) is 0 Å². The van der Waals surface area contributed by atoms with E-state index >= 15 is 0 Å². The number of aliphatic carboxylic acids is 1. The fourth-order valence-electron chi connectivity index (χ4n) is 1.34. The molecular weight excluding hydrogens is 190 g/mol. The van der Waals surface area contributed by atoms with Gasteiger partial charge in [-0.15, -0.1) is 0 Å². The van der Waals surface area contributed by atoms with E-state index < -0.39 is 23.8 Å². The number of carboxylic acid groups (broad SMARTS) is 1. The molecular formula is C8H11NO5. The largest absolute Gasteiger partial charge is 0.481 e. The molecule has 6 nitrogen and oxygen atoms in total. The molecule has 1 saturated heterocycles. The number of hydrogen-bond acceptors (Lipinski definition) is 4. The molecule has 0 spiro atoms. The molecule has 0 aromatic rings. The summed E-state index contributed by atoms with van der Waals surface area (Å²) in [6.07, 6.45) is -0.239. The zero-order chi connectivity index (χ0) is 10.7. The lowest BCUT2D eigenvalue weighted by molar-refractivity contribution is -0.161. The molecule has 1 aliphatic heterocycles. The first kappa shape index (κ1) is 10.6. The van der Waals surface area contributed by atoms with E-state index in [1.165, 1.54) is 6.92 Å². The van der Waals surface area contributed by atoms with Gasteiger partial charge < -0.3 is 9.84 Å². The Morgan fingerprint density at radius 2 is 2.00 bits per heavy atom. The van der Waals surface area contributed by atoms with Crippen LogP contribution in [0.4, 0.5) is 0 Å². The highest BCUT2D eigenvalue weighted by molar-refractivity contribution is 5.98. The van der Waals surface area contributed by atoms with Crippen LogP contribution in [0.1, 0.15) is 13.3 Å². The number of amides is 2. The van der Waals surface area contributed by atoms with Crippen molar-refractivity contribution in [3.05, 3.63) is 0 Å². The Hall–Kier alpha value is -1.43. The molecule has 14 heavy (non-hydrogen) atoms. The third-order valence-electron chi connectivity index (χ3n) is 1.90. The third-order valence-corrected chi connectivity index (χ3v) is 1.90. The second kappa shape index (κ2) is 4.19. The van der Waals surface area contributed by atoms with Crippen LogP contribution in [0.3, 0.4) is 0 Å². The van der Waals surface area contributed by atoms with Crippen molar-refractivity contribution in [1.29, 1.82) is 0 Å². The average Bonchev–Trinajstić information content (AvgIpc) is 2.01. The van der Waals surface area contributed by atoms with Crippen molar-refractivity contribution in [2.75, 3.05) is 13.2 Å². The van der Waals surface area contributed by atoms with Gasteiger partial charge in [-0.25, -0.2) is 0 Å². The van der Waals surface area contributed by atoms with E-state index in [0.29, 0.717) is 0 Å². The summed E-state index contributed by atoms with van der Waals surface area (Å²) in [5.41, 5.74) is 0. The van der Waals surface area contributed by atoms with Crippen LogP contribution >= 0.6 is 0 Å². The smallest absolute Gasteiger partial charge is 0.305 e. The SMILES string of the molecule is CC(CC(=O)O)N1C(=O)COCC1=O. The number of nitrogens with zero attached hydrogens (tertiary/aromatic N) is 1. The minimum atomic E-state index is -1.04. The summed E-state index contributed by atoms with van der Waals surface area (Å²) in [7, 11) is 0. The lowest BCUT2D eigenvalue weighted by Gasteiger charge is -2.29. The molecule has 1 fully saturated rings. The third kappa shape index (κ3) is 2.29. The lowest BCUT2D eigenvalue weighted by Crippen LogP contribution is -2.51. The topological polar surface area (TPSA) is 83.9 Å². The lowest BCUT2D eigenvalue weighted by atomic mass is 10.2.